The highest BCUT2D eigenvalue weighted by molar-refractivity contribution is 5.81. The summed E-state index contributed by atoms with van der Waals surface area (Å²) in [7, 11) is 1.69. The molecule has 0 aliphatic rings. The monoisotopic (exact) mass is 290 g/mol. The maximum absolute atomic E-state index is 11.9. The van der Waals surface area contributed by atoms with Crippen LogP contribution in [-0.2, 0) is 4.79 Å². The summed E-state index contributed by atoms with van der Waals surface area (Å²) in [6, 6.07) is 10.8. The van der Waals surface area contributed by atoms with Crippen molar-refractivity contribution < 1.29 is 4.79 Å². The zero-order valence-electron chi connectivity index (χ0n) is 13.9. The molecule has 3 nitrogen and oxygen atoms in total. The molecular formula is C18H30N2O. The van der Waals surface area contributed by atoms with Crippen molar-refractivity contribution in [2.45, 2.75) is 52.5 Å². The van der Waals surface area contributed by atoms with E-state index >= 15 is 0 Å². The lowest BCUT2D eigenvalue weighted by molar-refractivity contribution is -0.128. The molecule has 0 fully saturated rings. The van der Waals surface area contributed by atoms with Crippen molar-refractivity contribution in [3.8, 4) is 0 Å². The third-order valence-electron chi connectivity index (χ3n) is 3.93. The molecule has 0 aromatic heterocycles. The first kappa shape index (κ1) is 17.7. The molecule has 1 unspecified atom stereocenters. The van der Waals surface area contributed by atoms with Crippen LogP contribution in [0.3, 0.4) is 0 Å². The molecule has 118 valence electrons. The Bertz CT molecular complexity index is 414. The highest BCUT2D eigenvalue weighted by atomic mass is 16.2. The fourth-order valence-electron chi connectivity index (χ4n) is 2.47. The largest absolute Gasteiger partial charge is 0.359 e. The second-order valence-corrected chi connectivity index (χ2v) is 6.30. The molecule has 2 N–H and O–H groups in total. The minimum atomic E-state index is -0.396. The van der Waals surface area contributed by atoms with Crippen molar-refractivity contribution in [2.75, 3.05) is 13.6 Å². The van der Waals surface area contributed by atoms with Crippen LogP contribution in [0.1, 0.15) is 58.1 Å². The third kappa shape index (κ3) is 5.88. The average molecular weight is 290 g/mol. The van der Waals surface area contributed by atoms with Crippen LogP contribution in [0.2, 0.25) is 0 Å². The number of amides is 1. The Hall–Kier alpha value is -1.35. The number of rotatable bonds is 9. The van der Waals surface area contributed by atoms with Crippen LogP contribution in [0.4, 0.5) is 0 Å². The topological polar surface area (TPSA) is 41.1 Å². The number of unbranched alkanes of at least 4 members (excludes halogenated alkanes) is 2. The van der Waals surface area contributed by atoms with Gasteiger partial charge in [-0.15, -0.1) is 0 Å². The van der Waals surface area contributed by atoms with Crippen molar-refractivity contribution in [2.24, 2.45) is 5.41 Å². The van der Waals surface area contributed by atoms with Gasteiger partial charge in [-0.1, -0.05) is 56.5 Å². The summed E-state index contributed by atoms with van der Waals surface area (Å²) in [6.07, 6.45) is 4.81. The molecule has 0 saturated heterocycles. The molecule has 1 aromatic carbocycles. The van der Waals surface area contributed by atoms with Gasteiger partial charge in [0, 0.05) is 19.6 Å². The van der Waals surface area contributed by atoms with Crippen molar-refractivity contribution in [1.29, 1.82) is 0 Å². The van der Waals surface area contributed by atoms with Gasteiger partial charge in [0.1, 0.15) is 0 Å². The minimum absolute atomic E-state index is 0.0790. The molecule has 0 bridgehead atoms. The molecule has 1 atom stereocenters. The van der Waals surface area contributed by atoms with Gasteiger partial charge in [0.25, 0.3) is 0 Å². The zero-order valence-corrected chi connectivity index (χ0v) is 13.9. The van der Waals surface area contributed by atoms with Crippen molar-refractivity contribution >= 4 is 5.91 Å². The van der Waals surface area contributed by atoms with E-state index in [1.807, 2.05) is 19.9 Å². The lowest BCUT2D eigenvalue weighted by Gasteiger charge is -2.27. The second kappa shape index (κ2) is 8.83. The van der Waals surface area contributed by atoms with Crippen LogP contribution < -0.4 is 10.6 Å². The van der Waals surface area contributed by atoms with Crippen molar-refractivity contribution in [3.05, 3.63) is 35.9 Å². The summed E-state index contributed by atoms with van der Waals surface area (Å²) < 4.78 is 0. The third-order valence-corrected chi connectivity index (χ3v) is 3.93. The molecule has 0 aliphatic heterocycles. The fourth-order valence-corrected chi connectivity index (χ4v) is 2.47. The quantitative estimate of drug-likeness (QED) is 0.681. The number of carbonyl (C=O) groups is 1. The van der Waals surface area contributed by atoms with Gasteiger partial charge in [-0.2, -0.15) is 0 Å². The Labute approximate surface area is 129 Å². The van der Waals surface area contributed by atoms with E-state index in [9.17, 15) is 4.79 Å². The SMILES string of the molecule is CCCCCC(NCC(C)(C)C(=O)NC)c1ccccc1. The Morgan fingerprint density at radius 1 is 1.19 bits per heavy atom. The van der Waals surface area contributed by atoms with Crippen LogP contribution in [-0.4, -0.2) is 19.5 Å². The summed E-state index contributed by atoms with van der Waals surface area (Å²) in [6.45, 7) is 6.86. The van der Waals surface area contributed by atoms with Gasteiger partial charge >= 0.3 is 0 Å². The zero-order chi connectivity index (χ0) is 15.7. The van der Waals surface area contributed by atoms with Crippen LogP contribution in [0.5, 0.6) is 0 Å². The molecule has 0 saturated carbocycles. The molecule has 1 rings (SSSR count). The highest BCUT2D eigenvalue weighted by Gasteiger charge is 2.27. The van der Waals surface area contributed by atoms with Crippen LogP contribution >= 0.6 is 0 Å². The first-order chi connectivity index (χ1) is 10.0. The molecule has 3 heteroatoms. The summed E-state index contributed by atoms with van der Waals surface area (Å²) in [5.74, 6) is 0.0790. The van der Waals surface area contributed by atoms with Gasteiger partial charge in [0.2, 0.25) is 5.91 Å². The number of nitrogens with one attached hydrogen (secondary N) is 2. The van der Waals surface area contributed by atoms with Gasteiger partial charge in [0.15, 0.2) is 0 Å². The van der Waals surface area contributed by atoms with E-state index in [1.54, 1.807) is 7.05 Å². The first-order valence-corrected chi connectivity index (χ1v) is 8.01. The van der Waals surface area contributed by atoms with E-state index in [0.717, 1.165) is 6.42 Å². The molecule has 0 spiro atoms. The maximum Gasteiger partial charge on any atom is 0.226 e. The average Bonchev–Trinajstić information content (AvgIpc) is 2.50. The molecule has 0 radical (unpaired) electrons. The van der Waals surface area contributed by atoms with Gasteiger partial charge in [0.05, 0.1) is 5.41 Å². The first-order valence-electron chi connectivity index (χ1n) is 8.01. The lowest BCUT2D eigenvalue weighted by Crippen LogP contribution is -2.43. The van der Waals surface area contributed by atoms with Gasteiger partial charge in [-0.3, -0.25) is 4.79 Å². The molecule has 21 heavy (non-hydrogen) atoms. The molecule has 0 aliphatic carbocycles. The van der Waals surface area contributed by atoms with Crippen LogP contribution in [0.25, 0.3) is 0 Å². The summed E-state index contributed by atoms with van der Waals surface area (Å²) in [5.41, 5.74) is 0.910. The van der Waals surface area contributed by atoms with Gasteiger partial charge in [-0.05, 0) is 25.8 Å². The van der Waals surface area contributed by atoms with E-state index < -0.39 is 5.41 Å². The predicted octanol–water partition coefficient (Wildman–Crippen LogP) is 3.67. The molecule has 0 heterocycles. The van der Waals surface area contributed by atoms with Crippen molar-refractivity contribution in [3.63, 3.8) is 0 Å². The van der Waals surface area contributed by atoms with E-state index in [4.69, 9.17) is 0 Å². The van der Waals surface area contributed by atoms with E-state index in [0.29, 0.717) is 12.6 Å². The Balaban J connectivity index is 2.67. The lowest BCUT2D eigenvalue weighted by atomic mass is 9.91. The van der Waals surface area contributed by atoms with Gasteiger partial charge in [-0.25, -0.2) is 0 Å². The minimum Gasteiger partial charge on any atom is -0.359 e. The van der Waals surface area contributed by atoms with E-state index in [2.05, 4.69) is 41.8 Å². The van der Waals surface area contributed by atoms with E-state index in [-0.39, 0.29) is 5.91 Å². The maximum atomic E-state index is 11.9. The Morgan fingerprint density at radius 3 is 2.43 bits per heavy atom. The van der Waals surface area contributed by atoms with Crippen LogP contribution in [0.15, 0.2) is 30.3 Å². The summed E-state index contributed by atoms with van der Waals surface area (Å²) >= 11 is 0. The number of hydrogen-bond donors (Lipinski definition) is 2. The normalized spacial score (nSPS) is 13.0. The summed E-state index contributed by atoms with van der Waals surface area (Å²) in [5, 5.41) is 6.33. The van der Waals surface area contributed by atoms with Gasteiger partial charge < -0.3 is 10.6 Å². The predicted molar refractivity (Wildman–Crippen MR) is 89.2 cm³/mol. The van der Waals surface area contributed by atoms with Crippen LogP contribution in [0, 0.1) is 5.41 Å². The summed E-state index contributed by atoms with van der Waals surface area (Å²) in [4.78, 5) is 11.9. The smallest absolute Gasteiger partial charge is 0.226 e. The Kier molecular flexibility index (Phi) is 7.44. The standard InChI is InChI=1S/C18H30N2O/c1-5-6-8-13-16(15-11-9-7-10-12-15)20-14-18(2,3)17(21)19-4/h7,9-12,16,20H,5-6,8,13-14H2,1-4H3,(H,19,21). The number of hydrogen-bond acceptors (Lipinski definition) is 2. The fraction of sp³-hybridized carbons (Fsp3) is 0.611. The molecule has 1 amide bonds. The molecular weight excluding hydrogens is 260 g/mol. The second-order valence-electron chi connectivity index (χ2n) is 6.30. The number of carbonyl (C=O) groups excluding carboxylic acids is 1. The van der Waals surface area contributed by atoms with E-state index in [1.165, 1.54) is 24.8 Å². The van der Waals surface area contributed by atoms with Crippen molar-refractivity contribution in [1.82, 2.24) is 10.6 Å². The number of benzene rings is 1. The highest BCUT2D eigenvalue weighted by Crippen LogP contribution is 2.22. The molecule has 1 aromatic rings. The Morgan fingerprint density at radius 2 is 1.86 bits per heavy atom.